The topological polar surface area (TPSA) is 107 Å². The number of aromatic hydroxyl groups is 3. The Morgan fingerprint density at radius 3 is 2.09 bits per heavy atom. The molecule has 0 bridgehead atoms. The van der Waals surface area contributed by atoms with Crippen molar-refractivity contribution in [2.45, 2.75) is 90.9 Å². The first-order valence-corrected chi connectivity index (χ1v) is 12.3. The van der Waals surface area contributed by atoms with Crippen molar-refractivity contribution in [1.29, 1.82) is 0 Å². The Morgan fingerprint density at radius 1 is 0.824 bits per heavy atom. The molecule has 0 amide bonds. The third-order valence-corrected chi connectivity index (χ3v) is 6.11. The van der Waals surface area contributed by atoms with Gasteiger partial charge < -0.3 is 25.2 Å². The summed E-state index contributed by atoms with van der Waals surface area (Å²) in [5.74, 6) is -0.771. The largest absolute Gasteiger partial charge is 0.507 e. The van der Waals surface area contributed by atoms with Crippen LogP contribution in [0.4, 0.5) is 0 Å². The molecule has 0 aliphatic carbocycles. The van der Waals surface area contributed by atoms with Gasteiger partial charge in [0.1, 0.15) is 17.1 Å². The van der Waals surface area contributed by atoms with Crippen molar-refractivity contribution < 1.29 is 30.0 Å². The van der Waals surface area contributed by atoms with E-state index in [4.69, 9.17) is 4.74 Å². The van der Waals surface area contributed by atoms with Gasteiger partial charge in [0.15, 0.2) is 11.5 Å². The number of benzene rings is 2. The van der Waals surface area contributed by atoms with E-state index in [1.165, 1.54) is 6.07 Å². The van der Waals surface area contributed by atoms with E-state index in [2.05, 4.69) is 0 Å². The van der Waals surface area contributed by atoms with Crippen LogP contribution >= 0.6 is 0 Å². The predicted molar refractivity (Wildman–Crippen MR) is 134 cm³/mol. The highest BCUT2D eigenvalue weighted by Crippen LogP contribution is 2.39. The lowest BCUT2D eigenvalue weighted by atomic mass is 9.85. The third kappa shape index (κ3) is 7.31. The summed E-state index contributed by atoms with van der Waals surface area (Å²) in [6.45, 7) is 8.53. The van der Waals surface area contributed by atoms with Crippen molar-refractivity contribution in [3.63, 3.8) is 0 Å². The minimum Gasteiger partial charge on any atom is -0.507 e. The third-order valence-electron chi connectivity index (χ3n) is 6.11. The molecule has 4 N–H and O–H groups in total. The molecule has 2 aromatic rings. The lowest BCUT2D eigenvalue weighted by molar-refractivity contribution is 0.0693. The first kappa shape index (κ1) is 27.4. The second kappa shape index (κ2) is 12.5. The molecule has 6 nitrogen and oxygen atoms in total. The fraction of sp³-hybridized carbons (Fsp3) is 0.536. The Bertz CT molecular complexity index is 958. The maximum absolute atomic E-state index is 11.2. The van der Waals surface area contributed by atoms with Gasteiger partial charge in [0.2, 0.25) is 0 Å². The molecule has 0 heterocycles. The molecule has 34 heavy (non-hydrogen) atoms. The number of aromatic carboxylic acids is 1. The zero-order valence-corrected chi connectivity index (χ0v) is 21.0. The predicted octanol–water partition coefficient (Wildman–Crippen LogP) is 6.71. The molecule has 6 heteroatoms. The summed E-state index contributed by atoms with van der Waals surface area (Å²) in [6, 6.07) is 6.85. The second-order valence-electron chi connectivity index (χ2n) is 9.93. The number of hydrogen-bond donors (Lipinski definition) is 4. The molecule has 0 spiro atoms. The lowest BCUT2D eigenvalue weighted by Crippen LogP contribution is -2.11. The molecule has 0 radical (unpaired) electrons. The van der Waals surface area contributed by atoms with Gasteiger partial charge in [0.25, 0.3) is 0 Å². The van der Waals surface area contributed by atoms with Crippen LogP contribution in [-0.4, -0.2) is 33.0 Å². The summed E-state index contributed by atoms with van der Waals surface area (Å²) in [5, 5.41) is 40.1. The monoisotopic (exact) mass is 472 g/mol. The van der Waals surface area contributed by atoms with Crippen LogP contribution in [0.15, 0.2) is 24.3 Å². The Balaban J connectivity index is 1.70. The van der Waals surface area contributed by atoms with Gasteiger partial charge in [-0.2, -0.15) is 0 Å². The van der Waals surface area contributed by atoms with Crippen LogP contribution in [-0.2, 0) is 18.3 Å². The van der Waals surface area contributed by atoms with Crippen molar-refractivity contribution in [3.8, 4) is 23.0 Å². The molecule has 2 aromatic carbocycles. The number of phenols is 3. The Hall–Kier alpha value is -2.89. The fourth-order valence-corrected chi connectivity index (χ4v) is 4.15. The zero-order valence-electron chi connectivity index (χ0n) is 21.0. The van der Waals surface area contributed by atoms with Crippen molar-refractivity contribution in [2.24, 2.45) is 0 Å². The first-order chi connectivity index (χ1) is 16.1. The van der Waals surface area contributed by atoms with Crippen molar-refractivity contribution >= 4 is 5.97 Å². The molecule has 2 rings (SSSR count). The quantitative estimate of drug-likeness (QED) is 0.191. The normalized spacial score (nSPS) is 11.5. The average Bonchev–Trinajstić information content (AvgIpc) is 2.76. The molecule has 0 aliphatic heterocycles. The smallest absolute Gasteiger partial charge is 0.339 e. The van der Waals surface area contributed by atoms with Crippen molar-refractivity contribution in [3.05, 3.63) is 46.5 Å². The van der Waals surface area contributed by atoms with Crippen LogP contribution in [0, 0.1) is 0 Å². The van der Waals surface area contributed by atoms with E-state index in [9.17, 15) is 25.2 Å². The van der Waals surface area contributed by atoms with Gasteiger partial charge in [-0.3, -0.25) is 0 Å². The highest BCUT2D eigenvalue weighted by Gasteiger charge is 2.21. The van der Waals surface area contributed by atoms with E-state index >= 15 is 0 Å². The maximum Gasteiger partial charge on any atom is 0.339 e. The number of carbonyl (C=O) groups is 1. The van der Waals surface area contributed by atoms with Crippen LogP contribution in [0.25, 0.3) is 0 Å². The van der Waals surface area contributed by atoms with Crippen molar-refractivity contribution in [1.82, 2.24) is 0 Å². The summed E-state index contributed by atoms with van der Waals surface area (Å²) >= 11 is 0. The number of unbranched alkanes of at least 4 members (excludes halogenated alkanes) is 5. The summed E-state index contributed by atoms with van der Waals surface area (Å²) in [6.07, 6.45) is 8.16. The minimum absolute atomic E-state index is 0.00184. The molecule has 188 valence electrons. The van der Waals surface area contributed by atoms with E-state index in [0.29, 0.717) is 24.3 Å². The van der Waals surface area contributed by atoms with E-state index < -0.39 is 5.97 Å². The number of ether oxygens (including phenoxy) is 1. The molecule has 0 atom stereocenters. The number of aryl methyl sites for hydroxylation is 1. The summed E-state index contributed by atoms with van der Waals surface area (Å²) in [4.78, 5) is 11.2. The molecular formula is C28H40O6. The van der Waals surface area contributed by atoms with Gasteiger partial charge in [-0.25, -0.2) is 4.79 Å². The Morgan fingerprint density at radius 2 is 1.47 bits per heavy atom. The Kier molecular flexibility index (Phi) is 10.1. The molecular weight excluding hydrogens is 432 g/mol. The Labute approximate surface area is 203 Å². The number of carboxylic acid groups (broad SMARTS) is 1. The highest BCUT2D eigenvalue weighted by molar-refractivity contribution is 5.91. The number of hydrogen-bond acceptors (Lipinski definition) is 5. The van der Waals surface area contributed by atoms with Gasteiger partial charge >= 0.3 is 5.97 Å². The van der Waals surface area contributed by atoms with Gasteiger partial charge in [-0.1, -0.05) is 71.9 Å². The average molecular weight is 473 g/mol. The van der Waals surface area contributed by atoms with Crippen LogP contribution in [0.5, 0.6) is 23.0 Å². The minimum atomic E-state index is -1.14. The van der Waals surface area contributed by atoms with Crippen LogP contribution in [0.2, 0.25) is 0 Å². The first-order valence-electron chi connectivity index (χ1n) is 12.3. The van der Waals surface area contributed by atoms with Crippen LogP contribution < -0.4 is 4.74 Å². The highest BCUT2D eigenvalue weighted by atomic mass is 16.5. The molecule has 0 fully saturated rings. The van der Waals surface area contributed by atoms with E-state index in [1.54, 1.807) is 6.07 Å². The molecule has 0 aliphatic rings. The zero-order chi connectivity index (χ0) is 25.3. The van der Waals surface area contributed by atoms with Gasteiger partial charge in [0, 0.05) is 11.1 Å². The molecule has 0 aromatic heterocycles. The summed E-state index contributed by atoms with van der Waals surface area (Å²) in [5.41, 5.74) is 1.80. The SMILES string of the molecule is CCCc1c(OCCCCCCCCc2ccc(C(C)(C)C)c(O)c2O)ccc(C(=O)O)c1O. The van der Waals surface area contributed by atoms with Gasteiger partial charge in [0.05, 0.1) is 6.61 Å². The van der Waals surface area contributed by atoms with Crippen LogP contribution in [0.3, 0.4) is 0 Å². The fourth-order valence-electron chi connectivity index (χ4n) is 4.15. The lowest BCUT2D eigenvalue weighted by Gasteiger charge is -2.21. The van der Waals surface area contributed by atoms with Gasteiger partial charge in [-0.05, 0) is 48.8 Å². The van der Waals surface area contributed by atoms with E-state index in [-0.39, 0.29) is 28.2 Å². The molecule has 0 saturated carbocycles. The standard InChI is InChI=1S/C28H40O6/c1-5-12-20-23(17-15-21(25(20)30)27(32)33)34-18-11-9-7-6-8-10-13-19-14-16-22(28(2,3)4)26(31)24(19)29/h14-17,29-31H,5-13,18H2,1-4H3,(H,32,33). The summed E-state index contributed by atoms with van der Waals surface area (Å²) < 4.78 is 5.84. The maximum atomic E-state index is 11.2. The summed E-state index contributed by atoms with van der Waals surface area (Å²) in [7, 11) is 0. The number of phenolic OH excluding ortho intramolecular Hbond substituents is 2. The number of rotatable bonds is 13. The van der Waals surface area contributed by atoms with Crippen LogP contribution in [0.1, 0.15) is 99.7 Å². The van der Waals surface area contributed by atoms with E-state index in [1.807, 2.05) is 39.8 Å². The van der Waals surface area contributed by atoms with E-state index in [0.717, 1.165) is 62.5 Å². The second-order valence-corrected chi connectivity index (χ2v) is 9.93. The molecule has 0 saturated heterocycles. The van der Waals surface area contributed by atoms with Gasteiger partial charge in [-0.15, -0.1) is 0 Å². The van der Waals surface area contributed by atoms with Crippen molar-refractivity contribution in [2.75, 3.05) is 6.61 Å². The number of carboxylic acids is 1. The molecule has 0 unspecified atom stereocenters.